The SMILES string of the molecule is C=C(c1c(C)c(C(=O)OC(C)C)cc2cc(-c3cccc(OC)c3)cn12)N1CCOCC1. The van der Waals surface area contributed by atoms with Crippen LogP contribution in [0.5, 0.6) is 5.75 Å². The third-order valence-corrected chi connectivity index (χ3v) is 5.77. The highest BCUT2D eigenvalue weighted by Gasteiger charge is 2.23. The fourth-order valence-electron chi connectivity index (χ4n) is 4.14. The molecule has 168 valence electrons. The van der Waals surface area contributed by atoms with E-state index in [0.717, 1.165) is 52.4 Å². The Morgan fingerprint density at radius 3 is 2.56 bits per heavy atom. The number of esters is 1. The zero-order valence-electron chi connectivity index (χ0n) is 19.2. The number of pyridine rings is 1. The number of nitrogens with zero attached hydrogens (tertiary/aromatic N) is 2. The molecule has 0 atom stereocenters. The minimum absolute atomic E-state index is 0.192. The van der Waals surface area contributed by atoms with Gasteiger partial charge in [0, 0.05) is 30.4 Å². The summed E-state index contributed by atoms with van der Waals surface area (Å²) in [6, 6.07) is 11.9. The third kappa shape index (κ3) is 4.23. The molecule has 6 heteroatoms. The monoisotopic (exact) mass is 434 g/mol. The molecule has 0 bridgehead atoms. The molecule has 0 aliphatic carbocycles. The lowest BCUT2D eigenvalue weighted by Gasteiger charge is -2.31. The largest absolute Gasteiger partial charge is 0.497 e. The highest BCUT2D eigenvalue weighted by molar-refractivity contribution is 5.94. The molecule has 0 amide bonds. The molecule has 1 aliphatic rings. The van der Waals surface area contributed by atoms with Gasteiger partial charge in [-0.25, -0.2) is 4.79 Å². The summed E-state index contributed by atoms with van der Waals surface area (Å²) in [6.45, 7) is 12.9. The highest BCUT2D eigenvalue weighted by atomic mass is 16.5. The quantitative estimate of drug-likeness (QED) is 0.522. The van der Waals surface area contributed by atoms with E-state index >= 15 is 0 Å². The first-order valence-corrected chi connectivity index (χ1v) is 10.9. The maximum absolute atomic E-state index is 12.9. The molecule has 1 aromatic carbocycles. The first kappa shape index (κ1) is 22.0. The van der Waals surface area contributed by atoms with Gasteiger partial charge in [-0.05, 0) is 56.2 Å². The van der Waals surface area contributed by atoms with E-state index < -0.39 is 0 Å². The van der Waals surface area contributed by atoms with Crippen molar-refractivity contribution in [1.82, 2.24) is 9.30 Å². The van der Waals surface area contributed by atoms with Gasteiger partial charge >= 0.3 is 5.97 Å². The van der Waals surface area contributed by atoms with Crippen molar-refractivity contribution in [3.8, 4) is 16.9 Å². The van der Waals surface area contributed by atoms with Gasteiger partial charge in [-0.3, -0.25) is 0 Å². The summed E-state index contributed by atoms with van der Waals surface area (Å²) in [5, 5.41) is 0. The average molecular weight is 435 g/mol. The molecule has 1 saturated heterocycles. The zero-order chi connectivity index (χ0) is 22.8. The third-order valence-electron chi connectivity index (χ3n) is 5.77. The number of ether oxygens (including phenoxy) is 3. The molecule has 0 spiro atoms. The second kappa shape index (κ2) is 9.09. The topological polar surface area (TPSA) is 52.4 Å². The first-order chi connectivity index (χ1) is 15.4. The lowest BCUT2D eigenvalue weighted by molar-refractivity contribution is 0.0377. The molecule has 0 radical (unpaired) electrons. The lowest BCUT2D eigenvalue weighted by Crippen LogP contribution is -2.35. The summed E-state index contributed by atoms with van der Waals surface area (Å²) >= 11 is 0. The molecular weight excluding hydrogens is 404 g/mol. The van der Waals surface area contributed by atoms with Crippen molar-refractivity contribution >= 4 is 17.2 Å². The Balaban J connectivity index is 1.88. The minimum Gasteiger partial charge on any atom is -0.497 e. The van der Waals surface area contributed by atoms with Crippen molar-refractivity contribution in [2.24, 2.45) is 0 Å². The van der Waals surface area contributed by atoms with Crippen molar-refractivity contribution < 1.29 is 19.0 Å². The van der Waals surface area contributed by atoms with Crippen LogP contribution in [0.25, 0.3) is 22.3 Å². The van der Waals surface area contributed by atoms with Crippen molar-refractivity contribution in [2.75, 3.05) is 33.4 Å². The molecule has 0 N–H and O–H groups in total. The molecule has 32 heavy (non-hydrogen) atoms. The van der Waals surface area contributed by atoms with E-state index in [1.165, 1.54) is 0 Å². The number of aromatic nitrogens is 1. The molecule has 0 saturated carbocycles. The summed E-state index contributed by atoms with van der Waals surface area (Å²) in [6.07, 6.45) is 1.90. The molecule has 3 heterocycles. The van der Waals surface area contributed by atoms with E-state index in [4.69, 9.17) is 14.2 Å². The van der Waals surface area contributed by atoms with Gasteiger partial charge in [0.1, 0.15) is 5.75 Å². The molecular formula is C26H30N2O4. The van der Waals surface area contributed by atoms with Gasteiger partial charge in [-0.15, -0.1) is 0 Å². The Kier molecular flexibility index (Phi) is 6.24. The van der Waals surface area contributed by atoms with Gasteiger partial charge in [0.15, 0.2) is 0 Å². The molecule has 2 aromatic heterocycles. The maximum atomic E-state index is 12.9. The van der Waals surface area contributed by atoms with E-state index in [2.05, 4.69) is 34.2 Å². The van der Waals surface area contributed by atoms with Crippen molar-refractivity contribution in [2.45, 2.75) is 26.9 Å². The van der Waals surface area contributed by atoms with E-state index in [0.29, 0.717) is 18.8 Å². The molecule has 3 aromatic rings. The first-order valence-electron chi connectivity index (χ1n) is 10.9. The normalized spacial score (nSPS) is 14.1. The zero-order valence-corrected chi connectivity index (χ0v) is 19.2. The molecule has 0 unspecified atom stereocenters. The second-order valence-corrected chi connectivity index (χ2v) is 8.29. The van der Waals surface area contributed by atoms with Gasteiger partial charge < -0.3 is 23.5 Å². The summed E-state index contributed by atoms with van der Waals surface area (Å²) in [5.41, 5.74) is 6.19. The van der Waals surface area contributed by atoms with E-state index in [-0.39, 0.29) is 12.1 Å². The summed E-state index contributed by atoms with van der Waals surface area (Å²) < 4.78 is 18.6. The van der Waals surface area contributed by atoms with Gasteiger partial charge in [0.25, 0.3) is 0 Å². The van der Waals surface area contributed by atoms with Crippen LogP contribution in [0.1, 0.15) is 35.5 Å². The van der Waals surface area contributed by atoms with Crippen LogP contribution in [0.2, 0.25) is 0 Å². The Labute approximate surface area is 189 Å². The van der Waals surface area contributed by atoms with Crippen LogP contribution in [-0.2, 0) is 9.47 Å². The predicted octanol–water partition coefficient (Wildman–Crippen LogP) is 4.79. The number of hydrogen-bond donors (Lipinski definition) is 0. The standard InChI is InChI=1S/C26H30N2O4/c1-17(2)32-26(29)24-15-22-13-21(20-7-6-8-23(14-20)30-5)16-28(22)25(18(24)3)19(4)27-9-11-31-12-10-27/h6-8,13-17H,4,9-12H2,1-3,5H3. The Morgan fingerprint density at radius 2 is 1.88 bits per heavy atom. The van der Waals surface area contributed by atoms with Crippen LogP contribution in [0.3, 0.4) is 0 Å². The van der Waals surface area contributed by atoms with Gasteiger partial charge in [-0.1, -0.05) is 18.7 Å². The number of fused-ring (bicyclic) bond motifs is 1. The number of carbonyl (C=O) groups is 1. The lowest BCUT2D eigenvalue weighted by atomic mass is 10.0. The fourth-order valence-corrected chi connectivity index (χ4v) is 4.14. The van der Waals surface area contributed by atoms with Crippen LogP contribution < -0.4 is 4.74 Å². The second-order valence-electron chi connectivity index (χ2n) is 8.29. The van der Waals surface area contributed by atoms with Crippen LogP contribution in [0.4, 0.5) is 0 Å². The Hall–Kier alpha value is -3.25. The van der Waals surface area contributed by atoms with Gasteiger partial charge in [-0.2, -0.15) is 0 Å². The van der Waals surface area contributed by atoms with E-state index in [9.17, 15) is 4.79 Å². The van der Waals surface area contributed by atoms with E-state index in [1.54, 1.807) is 7.11 Å². The fraction of sp³-hybridized carbons (Fsp3) is 0.346. The van der Waals surface area contributed by atoms with Crippen LogP contribution in [0, 0.1) is 6.92 Å². The van der Waals surface area contributed by atoms with Crippen molar-refractivity contribution in [3.05, 3.63) is 66.0 Å². The van der Waals surface area contributed by atoms with Crippen molar-refractivity contribution in [3.63, 3.8) is 0 Å². The Morgan fingerprint density at radius 1 is 1.12 bits per heavy atom. The predicted molar refractivity (Wildman–Crippen MR) is 126 cm³/mol. The summed E-state index contributed by atoms with van der Waals surface area (Å²) in [5.74, 6) is 0.480. The molecule has 4 rings (SSSR count). The number of rotatable bonds is 6. The average Bonchev–Trinajstić information content (AvgIpc) is 3.22. The number of carbonyl (C=O) groups excluding carboxylic acids is 1. The van der Waals surface area contributed by atoms with Crippen LogP contribution >= 0.6 is 0 Å². The summed E-state index contributed by atoms with van der Waals surface area (Å²) in [4.78, 5) is 15.1. The molecule has 1 fully saturated rings. The number of hydrogen-bond acceptors (Lipinski definition) is 5. The highest BCUT2D eigenvalue weighted by Crippen LogP contribution is 2.32. The van der Waals surface area contributed by atoms with E-state index in [1.807, 2.05) is 45.0 Å². The minimum atomic E-state index is -0.319. The van der Waals surface area contributed by atoms with Crippen molar-refractivity contribution in [1.29, 1.82) is 0 Å². The Bertz CT molecular complexity index is 1160. The number of benzene rings is 1. The van der Waals surface area contributed by atoms with Gasteiger partial charge in [0.05, 0.1) is 43.4 Å². The van der Waals surface area contributed by atoms with Crippen LogP contribution in [0.15, 0.2) is 49.2 Å². The number of methoxy groups -OCH3 is 1. The molecule has 1 aliphatic heterocycles. The maximum Gasteiger partial charge on any atom is 0.338 e. The number of morpholine rings is 1. The van der Waals surface area contributed by atoms with Crippen LogP contribution in [-0.4, -0.2) is 54.8 Å². The summed E-state index contributed by atoms with van der Waals surface area (Å²) in [7, 11) is 1.66. The smallest absolute Gasteiger partial charge is 0.338 e. The van der Waals surface area contributed by atoms with Gasteiger partial charge in [0.2, 0.25) is 0 Å². The molecule has 6 nitrogen and oxygen atoms in total.